The smallest absolute Gasteiger partial charge is 0.243 e. The van der Waals surface area contributed by atoms with Crippen LogP contribution in [-0.2, 0) is 14.8 Å². The first-order valence-corrected chi connectivity index (χ1v) is 8.84. The summed E-state index contributed by atoms with van der Waals surface area (Å²) in [6.45, 7) is 1.61. The number of benzene rings is 2. The predicted octanol–water partition coefficient (Wildman–Crippen LogP) is 2.88. The van der Waals surface area contributed by atoms with E-state index in [4.69, 9.17) is 7.48 Å². The zero-order chi connectivity index (χ0) is 17.9. The first kappa shape index (κ1) is 13.5. The summed E-state index contributed by atoms with van der Waals surface area (Å²) < 4.78 is 46.9. The number of rotatable bonds is 4. The molecule has 23 heavy (non-hydrogen) atoms. The van der Waals surface area contributed by atoms with Gasteiger partial charge in [-0.25, -0.2) is 8.42 Å². The monoisotopic (exact) mass is 331 g/mol. The van der Waals surface area contributed by atoms with Crippen LogP contribution in [-0.4, -0.2) is 39.0 Å². The quantitative estimate of drug-likeness (QED) is 0.809. The molecule has 2 aromatic carbocycles. The fraction of sp³-hybridized carbons (Fsp3) is 0.222. The summed E-state index contributed by atoms with van der Waals surface area (Å²) in [4.78, 5) is 0.276. The fourth-order valence-corrected chi connectivity index (χ4v) is 3.75. The molecular formula is C18H19NO3S. The molecule has 0 amide bonds. The van der Waals surface area contributed by atoms with Gasteiger partial charge in [-0.3, -0.25) is 0 Å². The molecule has 1 saturated heterocycles. The van der Waals surface area contributed by atoms with Gasteiger partial charge in [0.05, 0.1) is 20.9 Å². The third kappa shape index (κ3) is 3.88. The maximum absolute atomic E-state index is 12.6. The number of nitrogens with zero attached hydrogens (tertiary/aromatic N) is 1. The highest BCUT2D eigenvalue weighted by Crippen LogP contribution is 2.18. The molecule has 3 rings (SSSR count). The highest BCUT2D eigenvalue weighted by atomic mass is 32.2. The van der Waals surface area contributed by atoms with Crippen LogP contribution < -0.4 is 0 Å². The molecular weight excluding hydrogens is 310 g/mol. The van der Waals surface area contributed by atoms with Gasteiger partial charge in [-0.05, 0) is 23.3 Å². The van der Waals surface area contributed by atoms with Crippen LogP contribution in [0.1, 0.15) is 13.9 Å². The van der Waals surface area contributed by atoms with E-state index >= 15 is 0 Å². The van der Waals surface area contributed by atoms with Gasteiger partial charge in [0.15, 0.2) is 0 Å². The molecule has 1 fully saturated rings. The van der Waals surface area contributed by atoms with Crippen molar-refractivity contribution in [3.05, 3.63) is 65.7 Å². The Balaban J connectivity index is 1.75. The van der Waals surface area contributed by atoms with Crippen molar-refractivity contribution in [2.24, 2.45) is 0 Å². The second-order valence-corrected chi connectivity index (χ2v) is 7.12. The lowest BCUT2D eigenvalue weighted by Gasteiger charge is -2.26. The average molecular weight is 331 g/mol. The van der Waals surface area contributed by atoms with Crippen LogP contribution >= 0.6 is 0 Å². The maximum atomic E-state index is 12.6. The van der Waals surface area contributed by atoms with Crippen LogP contribution in [0.4, 0.5) is 0 Å². The first-order valence-electron chi connectivity index (χ1n) is 8.40. The molecule has 0 spiro atoms. The summed E-state index contributed by atoms with van der Waals surface area (Å²) >= 11 is 0. The largest absolute Gasteiger partial charge is 0.379 e. The Morgan fingerprint density at radius 1 is 0.957 bits per heavy atom. The van der Waals surface area contributed by atoms with E-state index in [2.05, 4.69) is 0 Å². The van der Waals surface area contributed by atoms with Crippen LogP contribution in [0.15, 0.2) is 59.4 Å². The van der Waals surface area contributed by atoms with Gasteiger partial charge in [0, 0.05) is 13.1 Å². The highest BCUT2D eigenvalue weighted by Gasteiger charge is 2.25. The third-order valence-corrected chi connectivity index (χ3v) is 5.55. The van der Waals surface area contributed by atoms with E-state index in [-0.39, 0.29) is 17.0 Å². The molecule has 0 radical (unpaired) electrons. The van der Waals surface area contributed by atoms with Crippen LogP contribution in [0.5, 0.6) is 0 Å². The number of hydrogen-bond acceptors (Lipinski definition) is 3. The molecule has 0 atom stereocenters. The van der Waals surface area contributed by atoms with Crippen LogP contribution in [0.2, 0.25) is 0 Å². The minimum Gasteiger partial charge on any atom is -0.379 e. The van der Waals surface area contributed by atoms with Crippen molar-refractivity contribution >= 4 is 22.2 Å². The van der Waals surface area contributed by atoms with Crippen LogP contribution in [0.3, 0.4) is 0 Å². The Morgan fingerprint density at radius 3 is 2.26 bits per heavy atom. The molecule has 5 heteroatoms. The number of sulfonamides is 1. The fourth-order valence-electron chi connectivity index (χ4n) is 2.34. The molecule has 1 aliphatic heterocycles. The second kappa shape index (κ2) is 7.08. The van der Waals surface area contributed by atoms with Crippen molar-refractivity contribution in [1.82, 2.24) is 4.31 Å². The van der Waals surface area contributed by atoms with E-state index in [0.29, 0.717) is 26.3 Å². The van der Waals surface area contributed by atoms with Gasteiger partial charge >= 0.3 is 0 Å². The molecule has 120 valence electrons. The Kier molecular flexibility index (Phi) is 4.15. The van der Waals surface area contributed by atoms with E-state index in [1.807, 2.05) is 12.2 Å². The van der Waals surface area contributed by atoms with Gasteiger partial charge in [-0.15, -0.1) is 0 Å². The summed E-state index contributed by atoms with van der Waals surface area (Å²) in [6.07, 6.45) is 3.69. The van der Waals surface area contributed by atoms with Gasteiger partial charge in [-0.1, -0.05) is 54.6 Å². The van der Waals surface area contributed by atoms with E-state index < -0.39 is 10.0 Å². The first-order chi connectivity index (χ1) is 12.0. The van der Waals surface area contributed by atoms with Crippen molar-refractivity contribution in [2.75, 3.05) is 26.3 Å². The van der Waals surface area contributed by atoms with Crippen LogP contribution in [0.25, 0.3) is 12.2 Å². The SMILES string of the molecule is [2H]c1ccc(C=Cc2ccc(S(=O)(=O)N3CCOCC3)cc2)cc1[2H]. The molecule has 0 saturated carbocycles. The number of ether oxygens (including phenoxy) is 1. The standard InChI is InChI=1S/C18H19NO3S/c20-23(21,19-12-14-22-15-13-19)18-10-8-17(9-11-18)7-6-16-4-2-1-3-5-16/h1-11H,12-15H2/i1D,2D. The Labute approximate surface area is 139 Å². The zero-order valence-corrected chi connectivity index (χ0v) is 13.4. The lowest BCUT2D eigenvalue weighted by Crippen LogP contribution is -2.40. The van der Waals surface area contributed by atoms with Gasteiger partial charge in [-0.2, -0.15) is 4.31 Å². The lowest BCUT2D eigenvalue weighted by atomic mass is 10.1. The van der Waals surface area contributed by atoms with E-state index in [1.54, 1.807) is 42.5 Å². The molecule has 4 nitrogen and oxygen atoms in total. The summed E-state index contributed by atoms with van der Waals surface area (Å²) in [5.41, 5.74) is 1.69. The van der Waals surface area contributed by atoms with Crippen molar-refractivity contribution in [3.63, 3.8) is 0 Å². The van der Waals surface area contributed by atoms with E-state index in [0.717, 1.165) is 11.1 Å². The second-order valence-electron chi connectivity index (χ2n) is 5.19. The Hall–Kier alpha value is -1.95. The Bertz CT molecular complexity index is 874. The summed E-state index contributed by atoms with van der Waals surface area (Å²) in [7, 11) is -3.47. The van der Waals surface area contributed by atoms with Gasteiger partial charge < -0.3 is 4.74 Å². The highest BCUT2D eigenvalue weighted by molar-refractivity contribution is 7.89. The summed E-state index contributed by atoms with van der Waals surface area (Å²) in [6, 6.07) is 12.1. The molecule has 1 heterocycles. The predicted molar refractivity (Wildman–Crippen MR) is 91.4 cm³/mol. The molecule has 0 aromatic heterocycles. The number of hydrogen-bond donors (Lipinski definition) is 0. The van der Waals surface area contributed by atoms with Crippen molar-refractivity contribution in [1.29, 1.82) is 0 Å². The molecule has 0 bridgehead atoms. The minimum absolute atomic E-state index is 0.175. The topological polar surface area (TPSA) is 46.6 Å². The number of morpholine rings is 1. The van der Waals surface area contributed by atoms with Gasteiger partial charge in [0.1, 0.15) is 0 Å². The van der Waals surface area contributed by atoms with Crippen molar-refractivity contribution < 1.29 is 15.9 Å². The average Bonchev–Trinajstić information content (AvgIpc) is 2.64. The van der Waals surface area contributed by atoms with Crippen LogP contribution in [0, 0.1) is 0 Å². The molecule has 1 aliphatic rings. The van der Waals surface area contributed by atoms with Crippen molar-refractivity contribution in [2.45, 2.75) is 4.90 Å². The molecule has 2 aromatic rings. The van der Waals surface area contributed by atoms with Gasteiger partial charge in [0.25, 0.3) is 0 Å². The van der Waals surface area contributed by atoms with E-state index in [9.17, 15) is 8.42 Å². The van der Waals surface area contributed by atoms with Crippen molar-refractivity contribution in [3.8, 4) is 0 Å². The summed E-state index contributed by atoms with van der Waals surface area (Å²) in [5.74, 6) is 0. The molecule has 0 unspecified atom stereocenters. The normalized spacial score (nSPS) is 17.9. The zero-order valence-electron chi connectivity index (χ0n) is 14.6. The third-order valence-electron chi connectivity index (χ3n) is 3.64. The molecule has 0 aliphatic carbocycles. The van der Waals surface area contributed by atoms with Gasteiger partial charge in [0.2, 0.25) is 10.0 Å². The maximum Gasteiger partial charge on any atom is 0.243 e. The molecule has 0 N–H and O–H groups in total. The summed E-state index contributed by atoms with van der Waals surface area (Å²) in [5, 5.41) is 0. The van der Waals surface area contributed by atoms with E-state index in [1.165, 1.54) is 4.31 Å². The minimum atomic E-state index is -3.47. The lowest BCUT2D eigenvalue weighted by molar-refractivity contribution is 0.0730. The Morgan fingerprint density at radius 2 is 1.61 bits per heavy atom.